The highest BCUT2D eigenvalue weighted by molar-refractivity contribution is 5.88. The second-order valence-corrected chi connectivity index (χ2v) is 4.84. The number of hydrogen-bond donors (Lipinski definition) is 1. The van der Waals surface area contributed by atoms with Gasteiger partial charge in [-0.05, 0) is 37.8 Å². The lowest BCUT2D eigenvalue weighted by molar-refractivity contribution is 0.0696. The van der Waals surface area contributed by atoms with Gasteiger partial charge in [-0.15, -0.1) is 0 Å². The highest BCUT2D eigenvalue weighted by Gasteiger charge is 2.23. The van der Waals surface area contributed by atoms with Gasteiger partial charge in [0.05, 0.1) is 5.56 Å². The molecule has 1 unspecified atom stereocenters. The molecule has 1 aromatic heterocycles. The Balaban J connectivity index is 2.22. The molecule has 0 aromatic carbocycles. The molecule has 1 aliphatic heterocycles. The lowest BCUT2D eigenvalue weighted by atomic mass is 9.98. The Morgan fingerprint density at radius 1 is 1.56 bits per heavy atom. The van der Waals surface area contributed by atoms with Gasteiger partial charge in [-0.2, -0.15) is 0 Å². The Labute approximate surface area is 108 Å². The minimum atomic E-state index is -0.886. The molecule has 0 amide bonds. The summed E-state index contributed by atoms with van der Waals surface area (Å²) in [5.41, 5.74) is 0.320. The summed E-state index contributed by atoms with van der Waals surface area (Å²) >= 11 is 0. The van der Waals surface area contributed by atoms with Gasteiger partial charge in [0.15, 0.2) is 0 Å². The number of piperidine rings is 1. The molecule has 1 saturated heterocycles. The molecule has 1 atom stereocenters. The Morgan fingerprint density at radius 2 is 2.39 bits per heavy atom. The van der Waals surface area contributed by atoms with E-state index in [4.69, 9.17) is 5.11 Å². The second-order valence-electron chi connectivity index (χ2n) is 4.84. The number of aromatic carboxylic acids is 1. The molecule has 4 nitrogen and oxygen atoms in total. The summed E-state index contributed by atoms with van der Waals surface area (Å²) in [6, 6.07) is 3.75. The van der Waals surface area contributed by atoms with E-state index in [9.17, 15) is 4.79 Å². The summed E-state index contributed by atoms with van der Waals surface area (Å²) < 4.78 is 0. The van der Waals surface area contributed by atoms with Gasteiger partial charge >= 0.3 is 5.97 Å². The van der Waals surface area contributed by atoms with E-state index in [0.29, 0.717) is 11.6 Å². The van der Waals surface area contributed by atoms with Crippen molar-refractivity contribution in [2.75, 3.05) is 11.4 Å². The van der Waals surface area contributed by atoms with Crippen molar-refractivity contribution in [1.29, 1.82) is 0 Å². The maximum Gasteiger partial charge on any atom is 0.335 e. The molecule has 98 valence electrons. The summed E-state index contributed by atoms with van der Waals surface area (Å²) in [6.07, 6.45) is 7.51. The van der Waals surface area contributed by atoms with Crippen LogP contribution in [0.25, 0.3) is 0 Å². The molecular weight excluding hydrogens is 228 g/mol. The van der Waals surface area contributed by atoms with Crippen LogP contribution in [-0.2, 0) is 0 Å². The third kappa shape index (κ3) is 2.81. The van der Waals surface area contributed by atoms with Crippen LogP contribution in [0.3, 0.4) is 0 Å². The molecule has 1 aliphatic rings. The van der Waals surface area contributed by atoms with Crippen LogP contribution < -0.4 is 4.90 Å². The summed E-state index contributed by atoms with van der Waals surface area (Å²) in [7, 11) is 0. The molecule has 0 radical (unpaired) electrons. The van der Waals surface area contributed by atoms with E-state index < -0.39 is 5.97 Å². The van der Waals surface area contributed by atoms with Gasteiger partial charge in [-0.3, -0.25) is 0 Å². The second kappa shape index (κ2) is 5.85. The zero-order valence-electron chi connectivity index (χ0n) is 10.8. The number of carbonyl (C=O) groups is 1. The molecular formula is C14H20N2O2. The molecule has 0 spiro atoms. The first-order valence-corrected chi connectivity index (χ1v) is 6.68. The fourth-order valence-electron chi connectivity index (χ4n) is 2.64. The molecule has 1 aromatic rings. The van der Waals surface area contributed by atoms with E-state index in [1.165, 1.54) is 19.3 Å². The standard InChI is InChI=1S/C14H20N2O2/c1-2-5-12-6-3-4-9-16(12)13-10-11(14(17)18)7-8-15-13/h7-8,10,12H,2-6,9H2,1H3,(H,17,18). The van der Waals surface area contributed by atoms with Crippen molar-refractivity contribution in [1.82, 2.24) is 4.98 Å². The van der Waals surface area contributed by atoms with E-state index >= 15 is 0 Å². The maximum absolute atomic E-state index is 11.0. The number of pyridine rings is 1. The molecule has 1 fully saturated rings. The molecule has 18 heavy (non-hydrogen) atoms. The van der Waals surface area contributed by atoms with Gasteiger partial charge in [-0.25, -0.2) is 9.78 Å². The highest BCUT2D eigenvalue weighted by Crippen LogP contribution is 2.26. The van der Waals surface area contributed by atoms with Gasteiger partial charge in [0.25, 0.3) is 0 Å². The topological polar surface area (TPSA) is 53.4 Å². The highest BCUT2D eigenvalue weighted by atomic mass is 16.4. The van der Waals surface area contributed by atoms with Gasteiger partial charge in [0, 0.05) is 18.8 Å². The Kier molecular flexibility index (Phi) is 4.18. The fraction of sp³-hybridized carbons (Fsp3) is 0.571. The third-order valence-corrected chi connectivity index (χ3v) is 3.54. The minimum absolute atomic E-state index is 0.320. The van der Waals surface area contributed by atoms with Crippen LogP contribution in [0.5, 0.6) is 0 Å². The van der Waals surface area contributed by atoms with E-state index in [-0.39, 0.29) is 0 Å². The lowest BCUT2D eigenvalue weighted by Gasteiger charge is -2.36. The summed E-state index contributed by atoms with van der Waals surface area (Å²) in [5, 5.41) is 9.03. The van der Waals surface area contributed by atoms with Crippen LogP contribution in [0, 0.1) is 0 Å². The molecule has 0 saturated carbocycles. The van der Waals surface area contributed by atoms with Crippen LogP contribution in [0.1, 0.15) is 49.4 Å². The summed E-state index contributed by atoms with van der Waals surface area (Å²) in [4.78, 5) is 17.6. The van der Waals surface area contributed by atoms with Crippen LogP contribution >= 0.6 is 0 Å². The number of nitrogens with zero attached hydrogens (tertiary/aromatic N) is 2. The first-order chi connectivity index (χ1) is 8.72. The molecule has 2 rings (SSSR count). The van der Waals surface area contributed by atoms with E-state index in [0.717, 1.165) is 25.2 Å². The number of aromatic nitrogens is 1. The van der Waals surface area contributed by atoms with Crippen LogP contribution in [-0.4, -0.2) is 28.6 Å². The SMILES string of the molecule is CCCC1CCCCN1c1cc(C(=O)O)ccn1. The van der Waals surface area contributed by atoms with Crippen LogP contribution in [0.2, 0.25) is 0 Å². The van der Waals surface area contributed by atoms with Crippen LogP contribution in [0.15, 0.2) is 18.3 Å². The molecule has 0 bridgehead atoms. The molecule has 4 heteroatoms. The smallest absolute Gasteiger partial charge is 0.335 e. The fourth-order valence-corrected chi connectivity index (χ4v) is 2.64. The van der Waals surface area contributed by atoms with Crippen molar-refractivity contribution in [3.8, 4) is 0 Å². The van der Waals surface area contributed by atoms with Gasteiger partial charge in [-0.1, -0.05) is 13.3 Å². The minimum Gasteiger partial charge on any atom is -0.478 e. The molecule has 0 aliphatic carbocycles. The number of carboxylic acid groups (broad SMARTS) is 1. The van der Waals surface area contributed by atoms with E-state index in [2.05, 4.69) is 16.8 Å². The zero-order chi connectivity index (χ0) is 13.0. The Bertz CT molecular complexity index is 418. The number of hydrogen-bond acceptors (Lipinski definition) is 3. The summed E-state index contributed by atoms with van der Waals surface area (Å²) in [6.45, 7) is 3.18. The average molecular weight is 248 g/mol. The van der Waals surface area contributed by atoms with E-state index in [1.807, 2.05) is 0 Å². The van der Waals surface area contributed by atoms with E-state index in [1.54, 1.807) is 18.3 Å². The maximum atomic E-state index is 11.0. The van der Waals surface area contributed by atoms with Gasteiger partial charge < -0.3 is 10.0 Å². The predicted octanol–water partition coefficient (Wildman–Crippen LogP) is 2.94. The van der Waals surface area contributed by atoms with Crippen molar-refractivity contribution < 1.29 is 9.90 Å². The first kappa shape index (κ1) is 12.9. The van der Waals surface area contributed by atoms with Crippen molar-refractivity contribution >= 4 is 11.8 Å². The number of anilines is 1. The zero-order valence-corrected chi connectivity index (χ0v) is 10.8. The molecule has 1 N–H and O–H groups in total. The van der Waals surface area contributed by atoms with Gasteiger partial charge in [0.1, 0.15) is 5.82 Å². The Morgan fingerprint density at radius 3 is 3.11 bits per heavy atom. The van der Waals surface area contributed by atoms with Crippen molar-refractivity contribution in [2.24, 2.45) is 0 Å². The average Bonchev–Trinajstić information content (AvgIpc) is 2.40. The first-order valence-electron chi connectivity index (χ1n) is 6.68. The lowest BCUT2D eigenvalue weighted by Crippen LogP contribution is -2.40. The van der Waals surface area contributed by atoms with Crippen molar-refractivity contribution in [3.63, 3.8) is 0 Å². The van der Waals surface area contributed by atoms with Gasteiger partial charge in [0.2, 0.25) is 0 Å². The third-order valence-electron chi connectivity index (χ3n) is 3.54. The normalized spacial score (nSPS) is 19.8. The number of rotatable bonds is 4. The quantitative estimate of drug-likeness (QED) is 0.890. The number of carboxylic acids is 1. The van der Waals surface area contributed by atoms with Crippen molar-refractivity contribution in [3.05, 3.63) is 23.9 Å². The Hall–Kier alpha value is -1.58. The summed E-state index contributed by atoms with van der Waals surface area (Å²) in [5.74, 6) is -0.0734. The monoisotopic (exact) mass is 248 g/mol. The van der Waals surface area contributed by atoms with Crippen molar-refractivity contribution in [2.45, 2.75) is 45.1 Å². The predicted molar refractivity (Wildman–Crippen MR) is 71.1 cm³/mol. The molecule has 2 heterocycles. The van der Waals surface area contributed by atoms with Crippen LogP contribution in [0.4, 0.5) is 5.82 Å². The largest absolute Gasteiger partial charge is 0.478 e.